The minimum Gasteiger partial charge on any atom is -0.465 e. The summed E-state index contributed by atoms with van der Waals surface area (Å²) in [5, 5.41) is 0. The second-order valence-electron chi connectivity index (χ2n) is 8.69. The molecular weight excluding hydrogens is 364 g/mol. The zero-order chi connectivity index (χ0) is 19.3. The third kappa shape index (κ3) is 6.08. The molecule has 2 heterocycles. The third-order valence-electron chi connectivity index (χ3n) is 6.39. The Balaban J connectivity index is 0.944. The average molecular weight is 396 g/mol. The molecule has 0 spiro atoms. The highest BCUT2D eigenvalue weighted by atomic mass is 16.7. The van der Waals surface area contributed by atoms with Crippen molar-refractivity contribution in [3.8, 4) is 0 Å². The van der Waals surface area contributed by atoms with Gasteiger partial charge in [0.05, 0.1) is 44.2 Å². The molecule has 6 atom stereocenters. The highest BCUT2D eigenvalue weighted by Gasteiger charge is 2.44. The Hall–Kier alpha value is -1.34. The topological polar surface area (TPSA) is 86.9 Å². The van der Waals surface area contributed by atoms with Crippen molar-refractivity contribution < 1.29 is 33.3 Å². The molecule has 158 valence electrons. The SMILES string of the molecule is O=C(CCCCCOC(=O)OCC1CCC2OC2C1)OCC1CCC2OC2C1. The van der Waals surface area contributed by atoms with Crippen LogP contribution in [0, 0.1) is 11.8 Å². The van der Waals surface area contributed by atoms with E-state index in [1.54, 1.807) is 0 Å². The molecule has 0 aromatic carbocycles. The molecule has 4 fully saturated rings. The van der Waals surface area contributed by atoms with E-state index in [2.05, 4.69) is 0 Å². The Morgan fingerprint density at radius 1 is 0.714 bits per heavy atom. The number of esters is 1. The van der Waals surface area contributed by atoms with Crippen LogP contribution in [0.15, 0.2) is 0 Å². The molecule has 6 unspecified atom stereocenters. The summed E-state index contributed by atoms with van der Waals surface area (Å²) in [5.74, 6) is 0.724. The maximum absolute atomic E-state index is 11.8. The Morgan fingerprint density at radius 2 is 1.36 bits per heavy atom. The highest BCUT2D eigenvalue weighted by molar-refractivity contribution is 5.69. The molecule has 2 saturated heterocycles. The van der Waals surface area contributed by atoms with E-state index in [0.29, 0.717) is 62.5 Å². The molecular formula is C21H32O7. The number of fused-ring (bicyclic) bond motifs is 2. The van der Waals surface area contributed by atoms with Gasteiger partial charge in [-0.25, -0.2) is 4.79 Å². The first-order valence-corrected chi connectivity index (χ1v) is 10.9. The molecule has 0 bridgehead atoms. The maximum Gasteiger partial charge on any atom is 0.508 e. The molecule has 0 amide bonds. The van der Waals surface area contributed by atoms with Crippen LogP contribution in [-0.4, -0.2) is 56.4 Å². The summed E-state index contributed by atoms with van der Waals surface area (Å²) in [6.45, 7) is 1.28. The van der Waals surface area contributed by atoms with E-state index in [1.165, 1.54) is 0 Å². The smallest absolute Gasteiger partial charge is 0.465 e. The van der Waals surface area contributed by atoms with Crippen molar-refractivity contribution in [1.82, 2.24) is 0 Å². The normalized spacial score (nSPS) is 35.3. The average Bonchev–Trinajstić information content (AvgIpc) is 3.60. The van der Waals surface area contributed by atoms with Gasteiger partial charge in [0, 0.05) is 6.42 Å². The maximum atomic E-state index is 11.8. The molecule has 2 saturated carbocycles. The Labute approximate surface area is 166 Å². The fourth-order valence-corrected chi connectivity index (χ4v) is 4.49. The lowest BCUT2D eigenvalue weighted by Crippen LogP contribution is -2.21. The summed E-state index contributed by atoms with van der Waals surface area (Å²) in [4.78, 5) is 23.4. The quantitative estimate of drug-likeness (QED) is 0.318. The minimum absolute atomic E-state index is 0.131. The minimum atomic E-state index is -0.590. The van der Waals surface area contributed by atoms with Gasteiger partial charge in [-0.2, -0.15) is 0 Å². The van der Waals surface area contributed by atoms with Gasteiger partial charge in [-0.15, -0.1) is 0 Å². The molecule has 2 aliphatic heterocycles. The zero-order valence-electron chi connectivity index (χ0n) is 16.5. The standard InChI is InChI=1S/C21H32O7/c22-20(25-12-14-5-7-16-18(10-14)27-16)4-2-1-3-9-24-21(23)26-13-15-6-8-17-19(11-15)28-17/h14-19H,1-13H2. The van der Waals surface area contributed by atoms with E-state index < -0.39 is 6.16 Å². The van der Waals surface area contributed by atoms with Crippen LogP contribution in [-0.2, 0) is 28.5 Å². The monoisotopic (exact) mass is 396 g/mol. The summed E-state index contributed by atoms with van der Waals surface area (Å²) in [6, 6.07) is 0. The molecule has 0 radical (unpaired) electrons. The molecule has 2 aliphatic carbocycles. The van der Waals surface area contributed by atoms with Crippen LogP contribution in [0.5, 0.6) is 0 Å². The lowest BCUT2D eigenvalue weighted by Gasteiger charge is -2.18. The second kappa shape index (κ2) is 9.44. The van der Waals surface area contributed by atoms with Crippen LogP contribution in [0.2, 0.25) is 0 Å². The number of carbonyl (C=O) groups excluding carboxylic acids is 2. The lowest BCUT2D eigenvalue weighted by molar-refractivity contribution is -0.145. The summed E-state index contributed by atoms with van der Waals surface area (Å²) in [5.41, 5.74) is 0. The second-order valence-corrected chi connectivity index (χ2v) is 8.69. The molecule has 4 aliphatic rings. The number of hydrogen-bond acceptors (Lipinski definition) is 7. The van der Waals surface area contributed by atoms with E-state index >= 15 is 0 Å². The molecule has 0 N–H and O–H groups in total. The van der Waals surface area contributed by atoms with Crippen molar-refractivity contribution in [2.45, 2.75) is 88.6 Å². The van der Waals surface area contributed by atoms with Crippen LogP contribution in [0.25, 0.3) is 0 Å². The molecule has 28 heavy (non-hydrogen) atoms. The summed E-state index contributed by atoms with van der Waals surface area (Å²) >= 11 is 0. The Kier molecular flexibility index (Phi) is 6.73. The first kappa shape index (κ1) is 20.0. The van der Waals surface area contributed by atoms with Crippen molar-refractivity contribution in [3.63, 3.8) is 0 Å². The Morgan fingerprint density at radius 3 is 2.00 bits per heavy atom. The summed E-state index contributed by atoms with van der Waals surface area (Å²) in [7, 11) is 0. The van der Waals surface area contributed by atoms with E-state index in [-0.39, 0.29) is 5.97 Å². The summed E-state index contributed by atoms with van der Waals surface area (Å²) in [6.07, 6.45) is 10.3. The lowest BCUT2D eigenvalue weighted by atomic mass is 9.90. The van der Waals surface area contributed by atoms with E-state index in [1.807, 2.05) is 0 Å². The molecule has 0 aromatic rings. The predicted molar refractivity (Wildman–Crippen MR) is 98.7 cm³/mol. The largest absolute Gasteiger partial charge is 0.508 e. The van der Waals surface area contributed by atoms with Gasteiger partial charge in [0.1, 0.15) is 0 Å². The molecule has 4 rings (SSSR count). The molecule has 7 heteroatoms. The van der Waals surface area contributed by atoms with Gasteiger partial charge in [0.15, 0.2) is 0 Å². The van der Waals surface area contributed by atoms with E-state index in [0.717, 1.165) is 57.8 Å². The van der Waals surface area contributed by atoms with Crippen LogP contribution in [0.4, 0.5) is 4.79 Å². The van der Waals surface area contributed by atoms with Crippen molar-refractivity contribution in [2.24, 2.45) is 11.8 Å². The number of carbonyl (C=O) groups is 2. The van der Waals surface area contributed by atoms with Crippen LogP contribution < -0.4 is 0 Å². The van der Waals surface area contributed by atoms with Crippen molar-refractivity contribution in [1.29, 1.82) is 0 Å². The van der Waals surface area contributed by atoms with Gasteiger partial charge in [-0.05, 0) is 69.6 Å². The molecule has 7 nitrogen and oxygen atoms in total. The van der Waals surface area contributed by atoms with Gasteiger partial charge >= 0.3 is 12.1 Å². The highest BCUT2D eigenvalue weighted by Crippen LogP contribution is 2.40. The first-order valence-electron chi connectivity index (χ1n) is 10.9. The van der Waals surface area contributed by atoms with E-state index in [9.17, 15) is 9.59 Å². The van der Waals surface area contributed by atoms with Crippen molar-refractivity contribution >= 4 is 12.1 Å². The summed E-state index contributed by atoms with van der Waals surface area (Å²) < 4.78 is 26.6. The number of epoxide rings is 2. The number of unbranched alkanes of at least 4 members (excludes halogenated alkanes) is 2. The fraction of sp³-hybridized carbons (Fsp3) is 0.905. The van der Waals surface area contributed by atoms with Gasteiger partial charge < -0.3 is 23.7 Å². The molecule has 0 aromatic heterocycles. The van der Waals surface area contributed by atoms with Gasteiger partial charge in [-0.1, -0.05) is 0 Å². The van der Waals surface area contributed by atoms with E-state index in [4.69, 9.17) is 23.7 Å². The predicted octanol–water partition coefficient (Wildman–Crippen LogP) is 3.38. The van der Waals surface area contributed by atoms with Crippen LogP contribution in [0.1, 0.15) is 64.2 Å². The zero-order valence-corrected chi connectivity index (χ0v) is 16.5. The van der Waals surface area contributed by atoms with Gasteiger partial charge in [0.2, 0.25) is 0 Å². The fourth-order valence-electron chi connectivity index (χ4n) is 4.49. The number of ether oxygens (including phenoxy) is 5. The van der Waals surface area contributed by atoms with Gasteiger partial charge in [-0.3, -0.25) is 4.79 Å². The first-order chi connectivity index (χ1) is 13.7. The van der Waals surface area contributed by atoms with Crippen LogP contribution in [0.3, 0.4) is 0 Å². The van der Waals surface area contributed by atoms with Crippen molar-refractivity contribution in [2.75, 3.05) is 19.8 Å². The number of rotatable bonds is 10. The third-order valence-corrected chi connectivity index (χ3v) is 6.39. The van der Waals surface area contributed by atoms with Gasteiger partial charge in [0.25, 0.3) is 0 Å². The van der Waals surface area contributed by atoms with Crippen LogP contribution >= 0.6 is 0 Å². The Bertz CT molecular complexity index is 503. The van der Waals surface area contributed by atoms with Crippen molar-refractivity contribution in [3.05, 3.63) is 0 Å². The number of hydrogen-bond donors (Lipinski definition) is 0.